The Bertz CT molecular complexity index is 507. The van der Waals surface area contributed by atoms with Gasteiger partial charge in [0.1, 0.15) is 5.69 Å². The van der Waals surface area contributed by atoms with Crippen LogP contribution < -0.4 is 10.6 Å². The maximum atomic E-state index is 14.1. The SMILES string of the molecule is COC1CCN(c2c(F)cc(C#N)cc2F)C(CN)C1. The van der Waals surface area contributed by atoms with Crippen molar-refractivity contribution in [1.82, 2.24) is 0 Å². The van der Waals surface area contributed by atoms with E-state index < -0.39 is 11.6 Å². The highest BCUT2D eigenvalue weighted by Crippen LogP contribution is 2.31. The zero-order valence-electron chi connectivity index (χ0n) is 11.3. The third-order valence-corrected chi connectivity index (χ3v) is 3.71. The predicted molar refractivity (Wildman–Crippen MR) is 71.3 cm³/mol. The van der Waals surface area contributed by atoms with Crippen LogP contribution in [0, 0.1) is 23.0 Å². The Morgan fingerprint density at radius 3 is 2.60 bits per heavy atom. The number of nitriles is 1. The van der Waals surface area contributed by atoms with Gasteiger partial charge >= 0.3 is 0 Å². The molecular formula is C14H17F2N3O. The van der Waals surface area contributed by atoms with E-state index in [2.05, 4.69) is 0 Å². The molecule has 1 saturated heterocycles. The number of anilines is 1. The summed E-state index contributed by atoms with van der Waals surface area (Å²) in [6, 6.07) is 3.66. The van der Waals surface area contributed by atoms with Crippen LogP contribution in [0.3, 0.4) is 0 Å². The lowest BCUT2D eigenvalue weighted by Gasteiger charge is -2.40. The van der Waals surface area contributed by atoms with Gasteiger partial charge in [0.05, 0.1) is 17.7 Å². The van der Waals surface area contributed by atoms with Crippen LogP contribution in [0.2, 0.25) is 0 Å². The second-order valence-corrected chi connectivity index (χ2v) is 4.87. The Labute approximate surface area is 116 Å². The van der Waals surface area contributed by atoms with Crippen molar-refractivity contribution in [3.63, 3.8) is 0 Å². The van der Waals surface area contributed by atoms with Crippen molar-refractivity contribution >= 4 is 5.69 Å². The highest BCUT2D eigenvalue weighted by Gasteiger charge is 2.31. The molecule has 0 bridgehead atoms. The average molecular weight is 281 g/mol. The molecule has 2 N–H and O–H groups in total. The number of nitrogens with two attached hydrogens (primary N) is 1. The van der Waals surface area contributed by atoms with Crippen LogP contribution in [0.4, 0.5) is 14.5 Å². The lowest BCUT2D eigenvalue weighted by molar-refractivity contribution is 0.0706. The molecule has 2 rings (SSSR count). The molecule has 0 amide bonds. The first-order chi connectivity index (χ1) is 9.60. The lowest BCUT2D eigenvalue weighted by Crippen LogP contribution is -2.49. The zero-order chi connectivity index (χ0) is 14.7. The van der Waals surface area contributed by atoms with E-state index >= 15 is 0 Å². The molecule has 1 fully saturated rings. The quantitative estimate of drug-likeness (QED) is 0.917. The van der Waals surface area contributed by atoms with Crippen molar-refractivity contribution in [2.75, 3.05) is 25.1 Å². The van der Waals surface area contributed by atoms with Crippen molar-refractivity contribution in [3.05, 3.63) is 29.3 Å². The monoisotopic (exact) mass is 281 g/mol. The van der Waals surface area contributed by atoms with E-state index in [4.69, 9.17) is 15.7 Å². The smallest absolute Gasteiger partial charge is 0.150 e. The molecular weight excluding hydrogens is 264 g/mol. The number of halogens is 2. The minimum Gasteiger partial charge on any atom is -0.381 e. The molecule has 0 saturated carbocycles. The van der Waals surface area contributed by atoms with Crippen molar-refractivity contribution in [2.45, 2.75) is 25.0 Å². The molecule has 4 nitrogen and oxygen atoms in total. The van der Waals surface area contributed by atoms with Gasteiger partial charge in [0.25, 0.3) is 0 Å². The molecule has 108 valence electrons. The van der Waals surface area contributed by atoms with Crippen LogP contribution in [0.25, 0.3) is 0 Å². The third kappa shape index (κ3) is 2.74. The minimum absolute atomic E-state index is 0.0279. The summed E-state index contributed by atoms with van der Waals surface area (Å²) in [5.74, 6) is -1.45. The second-order valence-electron chi connectivity index (χ2n) is 4.87. The molecule has 0 spiro atoms. The molecule has 1 aromatic rings. The minimum atomic E-state index is -0.726. The maximum Gasteiger partial charge on any atom is 0.150 e. The van der Waals surface area contributed by atoms with E-state index in [1.165, 1.54) is 0 Å². The Morgan fingerprint density at radius 2 is 2.10 bits per heavy atom. The topological polar surface area (TPSA) is 62.3 Å². The third-order valence-electron chi connectivity index (χ3n) is 3.71. The van der Waals surface area contributed by atoms with E-state index in [1.54, 1.807) is 18.1 Å². The second kappa shape index (κ2) is 6.16. The number of methoxy groups -OCH3 is 1. The van der Waals surface area contributed by atoms with Crippen molar-refractivity contribution < 1.29 is 13.5 Å². The van der Waals surface area contributed by atoms with Gasteiger partial charge in [0.2, 0.25) is 0 Å². The molecule has 1 heterocycles. The fourth-order valence-electron chi connectivity index (χ4n) is 2.65. The summed E-state index contributed by atoms with van der Waals surface area (Å²) < 4.78 is 33.4. The zero-order valence-corrected chi connectivity index (χ0v) is 11.3. The molecule has 0 radical (unpaired) electrons. The first kappa shape index (κ1) is 14.7. The molecule has 1 aromatic carbocycles. The van der Waals surface area contributed by atoms with Crippen LogP contribution in [0.5, 0.6) is 0 Å². The van der Waals surface area contributed by atoms with E-state index in [1.807, 2.05) is 0 Å². The largest absolute Gasteiger partial charge is 0.381 e. The maximum absolute atomic E-state index is 14.1. The summed E-state index contributed by atoms with van der Waals surface area (Å²) in [6.45, 7) is 0.763. The van der Waals surface area contributed by atoms with E-state index in [-0.39, 0.29) is 23.4 Å². The lowest BCUT2D eigenvalue weighted by atomic mass is 9.98. The fraction of sp³-hybridized carbons (Fsp3) is 0.500. The number of rotatable bonds is 3. The van der Waals surface area contributed by atoms with Crippen LogP contribution in [-0.2, 0) is 4.74 Å². The van der Waals surface area contributed by atoms with E-state index in [9.17, 15) is 8.78 Å². The number of ether oxygens (including phenoxy) is 1. The summed E-state index contributed by atoms with van der Waals surface area (Å²) in [7, 11) is 1.62. The van der Waals surface area contributed by atoms with Crippen LogP contribution >= 0.6 is 0 Å². The van der Waals surface area contributed by atoms with Crippen LogP contribution in [-0.4, -0.2) is 32.3 Å². The Balaban J connectivity index is 2.33. The van der Waals surface area contributed by atoms with Gasteiger partial charge in [-0.1, -0.05) is 0 Å². The Kier molecular flexibility index (Phi) is 4.53. The van der Waals surface area contributed by atoms with Crippen LogP contribution in [0.15, 0.2) is 12.1 Å². The molecule has 1 aliphatic heterocycles. The number of hydrogen-bond donors (Lipinski definition) is 1. The van der Waals surface area contributed by atoms with Gasteiger partial charge in [-0.2, -0.15) is 5.26 Å². The number of benzene rings is 1. The summed E-state index contributed by atoms with van der Waals surface area (Å²) >= 11 is 0. The van der Waals surface area contributed by atoms with E-state index in [0.717, 1.165) is 12.1 Å². The first-order valence-corrected chi connectivity index (χ1v) is 6.49. The van der Waals surface area contributed by atoms with Gasteiger partial charge in [0, 0.05) is 26.2 Å². The Hall–Kier alpha value is -1.71. The first-order valence-electron chi connectivity index (χ1n) is 6.49. The van der Waals surface area contributed by atoms with Crippen molar-refractivity contribution in [1.29, 1.82) is 5.26 Å². The molecule has 1 aliphatic rings. The Morgan fingerprint density at radius 1 is 1.45 bits per heavy atom. The van der Waals surface area contributed by atoms with Crippen molar-refractivity contribution in [3.8, 4) is 6.07 Å². The highest BCUT2D eigenvalue weighted by atomic mass is 19.1. The van der Waals surface area contributed by atoms with Gasteiger partial charge in [-0.15, -0.1) is 0 Å². The normalized spacial score (nSPS) is 22.6. The number of nitrogens with zero attached hydrogens (tertiary/aromatic N) is 2. The summed E-state index contributed by atoms with van der Waals surface area (Å²) in [5.41, 5.74) is 5.58. The molecule has 0 aliphatic carbocycles. The van der Waals surface area contributed by atoms with Crippen LogP contribution in [0.1, 0.15) is 18.4 Å². The highest BCUT2D eigenvalue weighted by molar-refractivity contribution is 5.54. The fourth-order valence-corrected chi connectivity index (χ4v) is 2.65. The average Bonchev–Trinajstić information content (AvgIpc) is 2.46. The summed E-state index contributed by atoms with van der Waals surface area (Å²) in [6.07, 6.45) is 1.38. The molecule has 6 heteroatoms. The standard InChI is InChI=1S/C14H17F2N3O/c1-20-11-2-3-19(10(6-11)8-18)14-12(15)4-9(7-17)5-13(14)16/h4-5,10-11H,2-3,6,8,18H2,1H3. The summed E-state index contributed by atoms with van der Waals surface area (Å²) in [5, 5.41) is 8.72. The predicted octanol–water partition coefficient (Wildman–Crippen LogP) is 1.78. The molecule has 2 unspecified atom stereocenters. The molecule has 20 heavy (non-hydrogen) atoms. The van der Waals surface area contributed by atoms with Gasteiger partial charge < -0.3 is 15.4 Å². The van der Waals surface area contributed by atoms with Gasteiger partial charge in [0.15, 0.2) is 11.6 Å². The molecule has 2 atom stereocenters. The molecule has 0 aromatic heterocycles. The number of piperidine rings is 1. The van der Waals surface area contributed by atoms with Gasteiger partial charge in [-0.3, -0.25) is 0 Å². The number of hydrogen-bond acceptors (Lipinski definition) is 4. The summed E-state index contributed by atoms with van der Waals surface area (Å²) in [4.78, 5) is 1.64. The van der Waals surface area contributed by atoms with Gasteiger partial charge in [-0.05, 0) is 25.0 Å². The van der Waals surface area contributed by atoms with E-state index in [0.29, 0.717) is 25.9 Å². The van der Waals surface area contributed by atoms with Crippen molar-refractivity contribution in [2.24, 2.45) is 5.73 Å². The van der Waals surface area contributed by atoms with Gasteiger partial charge in [-0.25, -0.2) is 8.78 Å².